The molecule has 2 rings (SSSR count). The number of hydrogen-bond donors (Lipinski definition) is 1. The summed E-state index contributed by atoms with van der Waals surface area (Å²) in [6, 6.07) is 9.79. The molecule has 126 valence electrons. The van der Waals surface area contributed by atoms with Crippen molar-refractivity contribution in [1.82, 2.24) is 5.43 Å². The molecule has 0 aliphatic rings. The Labute approximate surface area is 159 Å². The number of hydrogen-bond acceptors (Lipinski definition) is 3. The minimum atomic E-state index is -0.817. The van der Waals surface area contributed by atoms with Gasteiger partial charge in [-0.05, 0) is 37.3 Å². The number of hydrazone groups is 1. The van der Waals surface area contributed by atoms with Crippen molar-refractivity contribution >= 4 is 58.5 Å². The van der Waals surface area contributed by atoms with Crippen LogP contribution in [-0.2, 0) is 4.79 Å². The van der Waals surface area contributed by atoms with Crippen molar-refractivity contribution in [2.45, 2.75) is 13.0 Å². The Morgan fingerprint density at radius 3 is 2.42 bits per heavy atom. The second kappa shape index (κ2) is 8.58. The van der Waals surface area contributed by atoms with E-state index in [0.29, 0.717) is 31.4 Å². The lowest BCUT2D eigenvalue weighted by Crippen LogP contribution is -2.33. The molecule has 0 radical (unpaired) electrons. The van der Waals surface area contributed by atoms with Crippen molar-refractivity contribution in [3.05, 3.63) is 62.1 Å². The number of carbonyl (C=O) groups excluding carboxylic acids is 1. The highest BCUT2D eigenvalue weighted by atomic mass is 35.5. The molecule has 4 nitrogen and oxygen atoms in total. The summed E-state index contributed by atoms with van der Waals surface area (Å²) in [4.78, 5) is 12.0. The van der Waals surface area contributed by atoms with E-state index in [1.165, 1.54) is 12.3 Å². The number of rotatable bonds is 5. The highest BCUT2D eigenvalue weighted by molar-refractivity contribution is 6.38. The van der Waals surface area contributed by atoms with Gasteiger partial charge in [-0.15, -0.1) is 0 Å². The monoisotopic (exact) mass is 404 g/mol. The van der Waals surface area contributed by atoms with E-state index < -0.39 is 12.0 Å². The first kappa shape index (κ1) is 18.9. The molecule has 0 spiro atoms. The van der Waals surface area contributed by atoms with Gasteiger partial charge in [0.05, 0.1) is 21.3 Å². The quantitative estimate of drug-likeness (QED) is 0.547. The van der Waals surface area contributed by atoms with Crippen LogP contribution in [0.1, 0.15) is 12.5 Å². The van der Waals surface area contributed by atoms with Gasteiger partial charge in [0.1, 0.15) is 5.75 Å². The second-order valence-corrected chi connectivity index (χ2v) is 6.36. The summed E-state index contributed by atoms with van der Waals surface area (Å²) in [5, 5.41) is 5.48. The van der Waals surface area contributed by atoms with Crippen LogP contribution < -0.4 is 10.2 Å². The molecule has 0 heterocycles. The summed E-state index contributed by atoms with van der Waals surface area (Å²) in [6.45, 7) is 1.57. The summed E-state index contributed by atoms with van der Waals surface area (Å²) in [6.07, 6.45) is 0.549. The second-order valence-electron chi connectivity index (χ2n) is 4.70. The van der Waals surface area contributed by atoms with Crippen LogP contribution in [0.4, 0.5) is 0 Å². The fourth-order valence-corrected chi connectivity index (χ4v) is 2.65. The van der Waals surface area contributed by atoms with Crippen LogP contribution in [0.5, 0.6) is 5.75 Å². The number of carbonyl (C=O) groups is 1. The zero-order valence-electron chi connectivity index (χ0n) is 12.4. The average molecular weight is 406 g/mol. The molecule has 2 aromatic rings. The van der Waals surface area contributed by atoms with Gasteiger partial charge in [-0.1, -0.05) is 52.5 Å². The van der Waals surface area contributed by atoms with Crippen molar-refractivity contribution in [2.75, 3.05) is 0 Å². The summed E-state index contributed by atoms with van der Waals surface area (Å²) in [5.41, 5.74) is 2.87. The zero-order chi connectivity index (χ0) is 17.7. The lowest BCUT2D eigenvalue weighted by atomic mass is 10.2. The maximum absolute atomic E-state index is 12.0. The highest BCUT2D eigenvalue weighted by Gasteiger charge is 2.15. The minimum absolute atomic E-state index is 0.313. The SMILES string of the molecule is CC(Oc1ccc(Cl)cc1Cl)C(=O)N/N=C/c1c(Cl)cccc1Cl. The molecule has 0 fully saturated rings. The molecule has 0 saturated heterocycles. The molecule has 24 heavy (non-hydrogen) atoms. The number of amides is 1. The van der Waals surface area contributed by atoms with Gasteiger partial charge in [-0.2, -0.15) is 5.10 Å². The number of halogens is 4. The van der Waals surface area contributed by atoms with E-state index in [2.05, 4.69) is 10.5 Å². The van der Waals surface area contributed by atoms with Crippen molar-refractivity contribution in [1.29, 1.82) is 0 Å². The van der Waals surface area contributed by atoms with Gasteiger partial charge in [0, 0.05) is 10.6 Å². The van der Waals surface area contributed by atoms with Crippen LogP contribution in [-0.4, -0.2) is 18.2 Å². The van der Waals surface area contributed by atoms with Crippen LogP contribution in [0.3, 0.4) is 0 Å². The molecule has 0 saturated carbocycles. The number of ether oxygens (including phenoxy) is 1. The van der Waals surface area contributed by atoms with Crippen LogP contribution >= 0.6 is 46.4 Å². The van der Waals surface area contributed by atoms with Crippen molar-refractivity contribution in [2.24, 2.45) is 5.10 Å². The van der Waals surface area contributed by atoms with Gasteiger partial charge in [-0.3, -0.25) is 4.79 Å². The molecule has 2 aromatic carbocycles. The van der Waals surface area contributed by atoms with E-state index in [9.17, 15) is 4.79 Å². The normalized spacial score (nSPS) is 12.2. The van der Waals surface area contributed by atoms with E-state index in [1.54, 1.807) is 37.3 Å². The Kier molecular flexibility index (Phi) is 6.75. The molecule has 1 atom stereocenters. The Morgan fingerprint density at radius 1 is 1.12 bits per heavy atom. The van der Waals surface area contributed by atoms with Crippen molar-refractivity contribution < 1.29 is 9.53 Å². The van der Waals surface area contributed by atoms with Crippen molar-refractivity contribution in [3.8, 4) is 5.75 Å². The maximum atomic E-state index is 12.0. The molecule has 1 N–H and O–H groups in total. The average Bonchev–Trinajstić information content (AvgIpc) is 2.52. The first-order valence-corrected chi connectivity index (χ1v) is 8.28. The van der Waals surface area contributed by atoms with Crippen LogP contribution in [0, 0.1) is 0 Å². The van der Waals surface area contributed by atoms with Crippen LogP contribution in [0.2, 0.25) is 20.1 Å². The smallest absolute Gasteiger partial charge is 0.280 e. The summed E-state index contributed by atoms with van der Waals surface area (Å²) >= 11 is 23.8. The van der Waals surface area contributed by atoms with Gasteiger partial charge >= 0.3 is 0 Å². The van der Waals surface area contributed by atoms with E-state index in [4.69, 9.17) is 51.1 Å². The predicted molar refractivity (Wildman–Crippen MR) is 98.8 cm³/mol. The molecule has 1 amide bonds. The van der Waals surface area contributed by atoms with E-state index >= 15 is 0 Å². The highest BCUT2D eigenvalue weighted by Crippen LogP contribution is 2.28. The molecule has 0 bridgehead atoms. The van der Waals surface area contributed by atoms with Crippen LogP contribution in [0.25, 0.3) is 0 Å². The topological polar surface area (TPSA) is 50.7 Å². The number of nitrogens with zero attached hydrogens (tertiary/aromatic N) is 1. The van der Waals surface area contributed by atoms with E-state index in [0.717, 1.165) is 0 Å². The predicted octanol–water partition coefficient (Wildman–Crippen LogP) is 5.22. The van der Waals surface area contributed by atoms with E-state index in [1.807, 2.05) is 0 Å². The third-order valence-electron chi connectivity index (χ3n) is 2.93. The molecule has 0 aliphatic heterocycles. The molecular formula is C16H12Cl4N2O2. The van der Waals surface area contributed by atoms with E-state index in [-0.39, 0.29) is 0 Å². The van der Waals surface area contributed by atoms with Gasteiger partial charge in [-0.25, -0.2) is 5.43 Å². The lowest BCUT2D eigenvalue weighted by molar-refractivity contribution is -0.127. The fourth-order valence-electron chi connectivity index (χ4n) is 1.70. The molecule has 8 heteroatoms. The largest absolute Gasteiger partial charge is 0.479 e. The Bertz CT molecular complexity index is 760. The van der Waals surface area contributed by atoms with Crippen LogP contribution in [0.15, 0.2) is 41.5 Å². The third-order valence-corrected chi connectivity index (χ3v) is 4.12. The third kappa shape index (κ3) is 5.02. The summed E-state index contributed by atoms with van der Waals surface area (Å²) in [7, 11) is 0. The Balaban J connectivity index is 1.98. The maximum Gasteiger partial charge on any atom is 0.280 e. The van der Waals surface area contributed by atoms with Gasteiger partial charge < -0.3 is 4.74 Å². The van der Waals surface area contributed by atoms with Gasteiger partial charge in [0.25, 0.3) is 5.91 Å². The number of nitrogens with one attached hydrogen (secondary N) is 1. The summed E-state index contributed by atoms with van der Waals surface area (Å²) in [5.74, 6) is -0.109. The standard InChI is InChI=1S/C16H12Cl4N2O2/c1-9(24-15-6-5-10(17)7-14(15)20)16(23)22-21-8-11-12(18)3-2-4-13(11)19/h2-9H,1H3,(H,22,23)/b21-8+. The lowest BCUT2D eigenvalue weighted by Gasteiger charge is -2.14. The van der Waals surface area contributed by atoms with Gasteiger partial charge in [0.15, 0.2) is 6.10 Å². The Hall–Kier alpha value is -1.46. The zero-order valence-corrected chi connectivity index (χ0v) is 15.4. The first-order valence-electron chi connectivity index (χ1n) is 6.77. The molecule has 1 unspecified atom stereocenters. The molecule has 0 aromatic heterocycles. The number of benzene rings is 2. The minimum Gasteiger partial charge on any atom is -0.479 e. The molecule has 0 aliphatic carbocycles. The first-order chi connectivity index (χ1) is 11.4. The molecular weight excluding hydrogens is 394 g/mol. The Morgan fingerprint density at radius 2 is 1.79 bits per heavy atom. The fraction of sp³-hybridized carbons (Fsp3) is 0.125. The summed E-state index contributed by atoms with van der Waals surface area (Å²) < 4.78 is 5.48. The van der Waals surface area contributed by atoms with Crippen molar-refractivity contribution in [3.63, 3.8) is 0 Å². The van der Waals surface area contributed by atoms with Gasteiger partial charge in [0.2, 0.25) is 0 Å².